The van der Waals surface area contributed by atoms with Crippen LogP contribution in [0.3, 0.4) is 0 Å². The molecular formula is C25H30N4O3S. The van der Waals surface area contributed by atoms with Gasteiger partial charge in [0.1, 0.15) is 6.54 Å². The summed E-state index contributed by atoms with van der Waals surface area (Å²) in [5.41, 5.74) is 8.95. The SMILES string of the molecule is CCc1ccccc1N(CC(=O)N/N=C\c1cc(C)n(-c2cccc(C)c2)c1C)S(C)(=O)=O. The Bertz CT molecular complexity index is 1290. The Labute approximate surface area is 195 Å². The van der Waals surface area contributed by atoms with Gasteiger partial charge in [-0.05, 0) is 62.6 Å². The van der Waals surface area contributed by atoms with Gasteiger partial charge in [0.2, 0.25) is 10.0 Å². The van der Waals surface area contributed by atoms with Crippen LogP contribution in [-0.2, 0) is 21.2 Å². The number of para-hydroxylation sites is 1. The van der Waals surface area contributed by atoms with E-state index in [4.69, 9.17) is 0 Å². The highest BCUT2D eigenvalue weighted by Gasteiger charge is 2.22. The maximum absolute atomic E-state index is 12.5. The van der Waals surface area contributed by atoms with Gasteiger partial charge in [0, 0.05) is 22.6 Å². The van der Waals surface area contributed by atoms with Crippen LogP contribution in [0.1, 0.15) is 35.0 Å². The van der Waals surface area contributed by atoms with Gasteiger partial charge in [-0.1, -0.05) is 37.3 Å². The van der Waals surface area contributed by atoms with Gasteiger partial charge < -0.3 is 4.57 Å². The van der Waals surface area contributed by atoms with Crippen molar-refractivity contribution in [2.24, 2.45) is 5.10 Å². The second-order valence-corrected chi connectivity index (χ2v) is 9.95. The van der Waals surface area contributed by atoms with Crippen molar-refractivity contribution in [2.75, 3.05) is 17.1 Å². The number of aryl methyl sites for hydroxylation is 3. The topological polar surface area (TPSA) is 83.8 Å². The summed E-state index contributed by atoms with van der Waals surface area (Å²) in [6.07, 6.45) is 3.33. The van der Waals surface area contributed by atoms with Crippen molar-refractivity contribution in [3.8, 4) is 5.69 Å². The zero-order valence-electron chi connectivity index (χ0n) is 19.7. The molecule has 2 aromatic carbocycles. The minimum Gasteiger partial charge on any atom is -0.318 e. The number of nitrogens with one attached hydrogen (secondary N) is 1. The van der Waals surface area contributed by atoms with Gasteiger partial charge in [-0.2, -0.15) is 5.10 Å². The molecule has 0 atom stereocenters. The smallest absolute Gasteiger partial charge is 0.260 e. The summed E-state index contributed by atoms with van der Waals surface area (Å²) in [5.74, 6) is -0.518. The number of rotatable bonds is 8. The highest BCUT2D eigenvalue weighted by molar-refractivity contribution is 7.92. The summed E-state index contributed by atoms with van der Waals surface area (Å²) in [6.45, 7) is 7.65. The molecule has 0 aliphatic rings. The number of anilines is 1. The monoisotopic (exact) mass is 466 g/mol. The minimum atomic E-state index is -3.65. The number of hydrogen-bond donors (Lipinski definition) is 1. The minimum absolute atomic E-state index is 0.352. The van der Waals surface area contributed by atoms with E-state index in [0.29, 0.717) is 12.1 Å². The molecule has 1 aromatic heterocycles. The quantitative estimate of drug-likeness (QED) is 0.404. The van der Waals surface area contributed by atoms with Gasteiger partial charge in [0.15, 0.2) is 0 Å². The second-order valence-electron chi connectivity index (χ2n) is 8.05. The zero-order valence-corrected chi connectivity index (χ0v) is 20.5. The number of sulfonamides is 1. The molecule has 7 nitrogen and oxygen atoms in total. The normalized spacial score (nSPS) is 11.7. The van der Waals surface area contributed by atoms with E-state index >= 15 is 0 Å². The Morgan fingerprint density at radius 1 is 1.09 bits per heavy atom. The Hall–Kier alpha value is -3.39. The van der Waals surface area contributed by atoms with E-state index in [1.54, 1.807) is 18.3 Å². The summed E-state index contributed by atoms with van der Waals surface area (Å²) in [7, 11) is -3.65. The van der Waals surface area contributed by atoms with Crippen LogP contribution in [0.15, 0.2) is 59.7 Å². The second kappa shape index (κ2) is 10.0. The molecule has 1 N–H and O–H groups in total. The summed E-state index contributed by atoms with van der Waals surface area (Å²) < 4.78 is 28.0. The molecule has 1 heterocycles. The number of benzene rings is 2. The van der Waals surface area contributed by atoms with Crippen LogP contribution in [0.5, 0.6) is 0 Å². The molecule has 33 heavy (non-hydrogen) atoms. The molecular weight excluding hydrogens is 436 g/mol. The number of hydrazone groups is 1. The standard InChI is InChI=1S/C25H30N4O3S/c1-6-21-11-7-8-13-24(21)28(33(5,31)32)17-25(30)27-26-16-22-15-19(3)29(20(22)4)23-12-9-10-18(2)14-23/h7-16H,6,17H2,1-5H3,(H,27,30)/b26-16-. The molecule has 0 radical (unpaired) electrons. The molecule has 0 saturated heterocycles. The summed E-state index contributed by atoms with van der Waals surface area (Å²) in [6, 6.07) is 17.4. The molecule has 3 rings (SSSR count). The molecule has 0 aliphatic carbocycles. The van der Waals surface area contributed by atoms with E-state index in [9.17, 15) is 13.2 Å². The number of amides is 1. The number of hydrogen-bond acceptors (Lipinski definition) is 4. The molecule has 3 aromatic rings. The van der Waals surface area contributed by atoms with Crippen LogP contribution in [0.4, 0.5) is 5.69 Å². The van der Waals surface area contributed by atoms with E-state index in [1.807, 2.05) is 64.1 Å². The maximum atomic E-state index is 12.5. The summed E-state index contributed by atoms with van der Waals surface area (Å²) >= 11 is 0. The molecule has 0 saturated carbocycles. The molecule has 174 valence electrons. The third-order valence-corrected chi connectivity index (χ3v) is 6.58. The van der Waals surface area contributed by atoms with Gasteiger partial charge in [0.25, 0.3) is 5.91 Å². The first-order valence-corrected chi connectivity index (χ1v) is 12.6. The van der Waals surface area contributed by atoms with Crippen molar-refractivity contribution in [3.05, 3.63) is 82.7 Å². The van der Waals surface area contributed by atoms with E-state index < -0.39 is 15.9 Å². The molecule has 1 amide bonds. The van der Waals surface area contributed by atoms with Crippen molar-refractivity contribution in [1.29, 1.82) is 0 Å². The molecule has 0 spiro atoms. The van der Waals surface area contributed by atoms with Gasteiger partial charge in [-0.25, -0.2) is 13.8 Å². The fraction of sp³-hybridized carbons (Fsp3) is 0.280. The molecule has 0 unspecified atom stereocenters. The first-order valence-electron chi connectivity index (χ1n) is 10.7. The lowest BCUT2D eigenvalue weighted by Gasteiger charge is -2.23. The van der Waals surface area contributed by atoms with Crippen molar-refractivity contribution in [2.45, 2.75) is 34.1 Å². The van der Waals surface area contributed by atoms with Gasteiger partial charge in [-0.15, -0.1) is 0 Å². The van der Waals surface area contributed by atoms with E-state index in [2.05, 4.69) is 21.2 Å². The lowest BCUT2D eigenvalue weighted by molar-refractivity contribution is -0.119. The van der Waals surface area contributed by atoms with Crippen LogP contribution in [-0.4, -0.2) is 37.9 Å². The average Bonchev–Trinajstić information content (AvgIpc) is 3.04. The van der Waals surface area contributed by atoms with Crippen LogP contribution in [0, 0.1) is 20.8 Å². The van der Waals surface area contributed by atoms with Crippen molar-refractivity contribution < 1.29 is 13.2 Å². The molecule has 8 heteroatoms. The zero-order chi connectivity index (χ0) is 24.2. The lowest BCUT2D eigenvalue weighted by Crippen LogP contribution is -2.39. The van der Waals surface area contributed by atoms with E-state index in [1.165, 1.54) is 5.56 Å². The van der Waals surface area contributed by atoms with Crippen LogP contribution in [0.25, 0.3) is 5.69 Å². The largest absolute Gasteiger partial charge is 0.318 e. The third kappa shape index (κ3) is 5.70. The Balaban J connectivity index is 1.76. The number of carbonyl (C=O) groups is 1. The Morgan fingerprint density at radius 2 is 1.82 bits per heavy atom. The first kappa shape index (κ1) is 24.3. The summed E-state index contributed by atoms with van der Waals surface area (Å²) in [5, 5.41) is 4.08. The van der Waals surface area contributed by atoms with Crippen LogP contribution in [0.2, 0.25) is 0 Å². The van der Waals surface area contributed by atoms with Gasteiger partial charge in [0.05, 0.1) is 18.2 Å². The fourth-order valence-corrected chi connectivity index (χ4v) is 4.74. The summed E-state index contributed by atoms with van der Waals surface area (Å²) in [4.78, 5) is 12.5. The Morgan fingerprint density at radius 3 is 2.48 bits per heavy atom. The van der Waals surface area contributed by atoms with E-state index in [-0.39, 0.29) is 6.54 Å². The predicted octanol–water partition coefficient (Wildman–Crippen LogP) is 3.88. The lowest BCUT2D eigenvalue weighted by atomic mass is 10.1. The molecule has 0 aliphatic heterocycles. The van der Waals surface area contributed by atoms with Crippen molar-refractivity contribution in [3.63, 3.8) is 0 Å². The maximum Gasteiger partial charge on any atom is 0.260 e. The third-order valence-electron chi connectivity index (χ3n) is 5.45. The predicted molar refractivity (Wildman–Crippen MR) is 134 cm³/mol. The molecule has 0 fully saturated rings. The first-order chi connectivity index (χ1) is 15.6. The van der Waals surface area contributed by atoms with Gasteiger partial charge in [-0.3, -0.25) is 9.10 Å². The Kier molecular flexibility index (Phi) is 7.38. The molecule has 0 bridgehead atoms. The average molecular weight is 467 g/mol. The number of aromatic nitrogens is 1. The fourth-order valence-electron chi connectivity index (χ4n) is 3.86. The van der Waals surface area contributed by atoms with Crippen LogP contribution >= 0.6 is 0 Å². The number of carbonyl (C=O) groups excluding carboxylic acids is 1. The highest BCUT2D eigenvalue weighted by Crippen LogP contribution is 2.23. The van der Waals surface area contributed by atoms with E-state index in [0.717, 1.165) is 38.8 Å². The highest BCUT2D eigenvalue weighted by atomic mass is 32.2. The van der Waals surface area contributed by atoms with Crippen LogP contribution < -0.4 is 9.73 Å². The van der Waals surface area contributed by atoms with Gasteiger partial charge >= 0.3 is 0 Å². The van der Waals surface area contributed by atoms with Crippen molar-refractivity contribution >= 4 is 27.8 Å². The number of nitrogens with zero attached hydrogens (tertiary/aromatic N) is 3. The van der Waals surface area contributed by atoms with Crippen molar-refractivity contribution in [1.82, 2.24) is 9.99 Å².